The number of fused-ring (bicyclic) bond motifs is 3. The van der Waals surface area contributed by atoms with Crippen molar-refractivity contribution in [3.05, 3.63) is 87.7 Å². The number of para-hydroxylation sites is 1. The van der Waals surface area contributed by atoms with Crippen LogP contribution in [-0.2, 0) is 23.1 Å². The number of aryl methyl sites for hydroxylation is 1. The largest absolute Gasteiger partial charge is 0.468 e. The van der Waals surface area contributed by atoms with Gasteiger partial charge in [0.25, 0.3) is 5.56 Å². The number of hydrogen-bond acceptors (Lipinski definition) is 5. The average Bonchev–Trinajstić information content (AvgIpc) is 3.38. The smallest absolute Gasteiger partial charge is 0.333 e. The van der Waals surface area contributed by atoms with Gasteiger partial charge in [-0.25, -0.2) is 9.36 Å². The Labute approximate surface area is 181 Å². The highest BCUT2D eigenvalue weighted by Crippen LogP contribution is 2.28. The fourth-order valence-electron chi connectivity index (χ4n) is 3.87. The number of nitrogens with zero attached hydrogens (tertiary/aromatic N) is 5. The van der Waals surface area contributed by atoms with Gasteiger partial charge in [0.2, 0.25) is 5.78 Å². The van der Waals surface area contributed by atoms with Crippen molar-refractivity contribution in [1.29, 1.82) is 0 Å². The third-order valence-electron chi connectivity index (χ3n) is 5.45. The zero-order valence-corrected chi connectivity index (χ0v) is 17.4. The highest BCUT2D eigenvalue weighted by atomic mass is 16.5. The summed E-state index contributed by atoms with van der Waals surface area (Å²) in [6.45, 7) is -0.476. The van der Waals surface area contributed by atoms with Gasteiger partial charge in [-0.1, -0.05) is 48.5 Å². The minimum absolute atomic E-state index is 0.206. The maximum Gasteiger partial charge on any atom is 0.333 e. The van der Waals surface area contributed by atoms with E-state index in [9.17, 15) is 14.4 Å². The molecule has 0 saturated heterocycles. The molecule has 3 heterocycles. The number of aromatic nitrogens is 5. The maximum atomic E-state index is 13.3. The maximum absolute atomic E-state index is 13.3. The Hall–Kier alpha value is -4.40. The number of rotatable bonds is 4. The van der Waals surface area contributed by atoms with Crippen LogP contribution in [0.25, 0.3) is 33.9 Å². The highest BCUT2D eigenvalue weighted by molar-refractivity contribution is 5.80. The van der Waals surface area contributed by atoms with E-state index < -0.39 is 23.8 Å². The predicted octanol–water partition coefficient (Wildman–Crippen LogP) is 1.98. The van der Waals surface area contributed by atoms with Crippen LogP contribution in [0.4, 0.5) is 0 Å². The van der Waals surface area contributed by atoms with Crippen molar-refractivity contribution >= 4 is 22.9 Å². The number of ether oxygens (including phenoxy) is 1. The summed E-state index contributed by atoms with van der Waals surface area (Å²) in [5, 5.41) is 0. The molecule has 0 N–H and O–H groups in total. The molecular weight excluding hydrogens is 410 g/mol. The van der Waals surface area contributed by atoms with Crippen LogP contribution in [-0.4, -0.2) is 36.2 Å². The van der Waals surface area contributed by atoms with Crippen LogP contribution < -0.4 is 11.2 Å². The first-order valence-corrected chi connectivity index (χ1v) is 9.92. The van der Waals surface area contributed by atoms with Crippen molar-refractivity contribution in [2.75, 3.05) is 7.11 Å². The lowest BCUT2D eigenvalue weighted by Crippen LogP contribution is -2.41. The van der Waals surface area contributed by atoms with Crippen molar-refractivity contribution in [3.63, 3.8) is 0 Å². The normalized spacial score (nSPS) is 11.3. The molecular formula is C23H19N5O4. The third kappa shape index (κ3) is 2.86. The van der Waals surface area contributed by atoms with E-state index in [1.165, 1.54) is 18.7 Å². The Morgan fingerprint density at radius 2 is 1.66 bits per heavy atom. The van der Waals surface area contributed by atoms with Gasteiger partial charge in [-0.15, -0.1) is 0 Å². The zero-order valence-electron chi connectivity index (χ0n) is 17.4. The molecule has 0 amide bonds. The van der Waals surface area contributed by atoms with Crippen molar-refractivity contribution in [2.24, 2.45) is 7.05 Å². The Balaban J connectivity index is 1.91. The Morgan fingerprint density at radius 1 is 1.00 bits per heavy atom. The monoisotopic (exact) mass is 429 g/mol. The lowest BCUT2D eigenvalue weighted by molar-refractivity contribution is -0.141. The summed E-state index contributed by atoms with van der Waals surface area (Å²) in [5.41, 5.74) is 1.83. The van der Waals surface area contributed by atoms with Crippen molar-refractivity contribution < 1.29 is 9.53 Å². The molecule has 0 unspecified atom stereocenters. The second-order valence-corrected chi connectivity index (χ2v) is 7.31. The number of hydrogen-bond donors (Lipinski definition) is 0. The minimum atomic E-state index is -0.684. The van der Waals surface area contributed by atoms with Crippen LogP contribution in [0, 0.1) is 0 Å². The first kappa shape index (κ1) is 19.6. The van der Waals surface area contributed by atoms with E-state index in [4.69, 9.17) is 0 Å². The van der Waals surface area contributed by atoms with Gasteiger partial charge >= 0.3 is 11.7 Å². The molecule has 0 fully saturated rings. The highest BCUT2D eigenvalue weighted by Gasteiger charge is 2.23. The van der Waals surface area contributed by atoms with Crippen LogP contribution >= 0.6 is 0 Å². The van der Waals surface area contributed by atoms with E-state index in [-0.39, 0.29) is 11.2 Å². The van der Waals surface area contributed by atoms with Gasteiger partial charge in [-0.2, -0.15) is 4.98 Å². The van der Waals surface area contributed by atoms with E-state index in [0.29, 0.717) is 5.78 Å². The van der Waals surface area contributed by atoms with Gasteiger partial charge in [0.1, 0.15) is 6.54 Å². The molecule has 5 aromatic rings. The van der Waals surface area contributed by atoms with Gasteiger partial charge in [0, 0.05) is 24.5 Å². The van der Waals surface area contributed by atoms with E-state index >= 15 is 0 Å². The van der Waals surface area contributed by atoms with E-state index in [2.05, 4.69) is 9.72 Å². The number of esters is 1. The first-order chi connectivity index (χ1) is 15.5. The summed E-state index contributed by atoms with van der Waals surface area (Å²) in [4.78, 5) is 42.5. The summed E-state index contributed by atoms with van der Waals surface area (Å²) < 4.78 is 10.4. The summed E-state index contributed by atoms with van der Waals surface area (Å²) in [5.74, 6) is -0.205. The van der Waals surface area contributed by atoms with Gasteiger partial charge < -0.3 is 4.74 Å². The number of carbonyl (C=O) groups excluding carboxylic acids is 1. The third-order valence-corrected chi connectivity index (χ3v) is 5.45. The van der Waals surface area contributed by atoms with E-state index in [0.717, 1.165) is 21.5 Å². The van der Waals surface area contributed by atoms with Gasteiger partial charge in [0.15, 0.2) is 11.2 Å². The molecule has 0 radical (unpaired) electrons. The number of carbonyl (C=O) groups is 1. The molecule has 0 atom stereocenters. The van der Waals surface area contributed by atoms with Crippen LogP contribution in [0.3, 0.4) is 0 Å². The fourth-order valence-corrected chi connectivity index (χ4v) is 3.87. The van der Waals surface area contributed by atoms with Gasteiger partial charge in [0.05, 0.1) is 12.8 Å². The minimum Gasteiger partial charge on any atom is -0.468 e. The molecule has 0 aliphatic heterocycles. The standard InChI is InChI=1S/C23H19N5O4/c1-25-20-19(21(30)27(23(25)31)14-18(29)32-2)26-13-17(15-9-5-3-6-10-15)28(22(26)24-20)16-11-7-4-8-12-16/h3-13H,14H2,1-2H3. The molecule has 9 heteroatoms. The molecule has 5 rings (SSSR count). The molecule has 2 aromatic carbocycles. The Bertz CT molecular complexity index is 1590. The van der Waals surface area contributed by atoms with Crippen molar-refractivity contribution in [2.45, 2.75) is 6.54 Å². The lowest BCUT2D eigenvalue weighted by Gasteiger charge is -2.09. The zero-order chi connectivity index (χ0) is 22.4. The molecule has 0 aliphatic carbocycles. The van der Waals surface area contributed by atoms with E-state index in [1.54, 1.807) is 4.40 Å². The van der Waals surface area contributed by atoms with Gasteiger partial charge in [-0.05, 0) is 12.1 Å². The van der Waals surface area contributed by atoms with E-state index in [1.807, 2.05) is 71.4 Å². The molecule has 160 valence electrons. The van der Waals surface area contributed by atoms with Crippen LogP contribution in [0.5, 0.6) is 0 Å². The Kier molecular flexibility index (Phi) is 4.51. The molecule has 3 aromatic heterocycles. The lowest BCUT2D eigenvalue weighted by atomic mass is 10.1. The second kappa shape index (κ2) is 7.38. The van der Waals surface area contributed by atoms with Crippen molar-refractivity contribution in [3.8, 4) is 16.9 Å². The SMILES string of the molecule is COC(=O)Cn1c(=O)c2c(nc3n(-c4ccccc4)c(-c4ccccc4)cn23)n(C)c1=O. The van der Waals surface area contributed by atoms with Crippen LogP contribution in [0.2, 0.25) is 0 Å². The van der Waals surface area contributed by atoms with Crippen LogP contribution in [0.1, 0.15) is 0 Å². The Morgan fingerprint density at radius 3 is 2.31 bits per heavy atom. The summed E-state index contributed by atoms with van der Waals surface area (Å²) in [7, 11) is 2.73. The van der Waals surface area contributed by atoms with Crippen molar-refractivity contribution in [1.82, 2.24) is 23.1 Å². The summed E-state index contributed by atoms with van der Waals surface area (Å²) >= 11 is 0. The molecule has 0 aliphatic rings. The number of benzene rings is 2. The van der Waals surface area contributed by atoms with Gasteiger partial charge in [-0.3, -0.25) is 23.1 Å². The molecule has 32 heavy (non-hydrogen) atoms. The second-order valence-electron chi connectivity index (χ2n) is 7.31. The molecule has 0 saturated carbocycles. The fraction of sp³-hybridized carbons (Fsp3) is 0.130. The molecule has 0 bridgehead atoms. The average molecular weight is 429 g/mol. The predicted molar refractivity (Wildman–Crippen MR) is 119 cm³/mol. The number of methoxy groups -OCH3 is 1. The van der Waals surface area contributed by atoms with Crippen LogP contribution in [0.15, 0.2) is 76.4 Å². The quantitative estimate of drug-likeness (QED) is 0.408. The summed E-state index contributed by atoms with van der Waals surface area (Å²) in [6.07, 6.45) is 1.82. The number of imidazole rings is 2. The summed E-state index contributed by atoms with van der Waals surface area (Å²) in [6, 6.07) is 19.4. The topological polar surface area (TPSA) is 92.5 Å². The first-order valence-electron chi connectivity index (χ1n) is 9.92. The molecule has 0 spiro atoms. The molecule has 9 nitrogen and oxygen atoms in total.